The fourth-order valence-electron chi connectivity index (χ4n) is 5.20. The van der Waals surface area contributed by atoms with Gasteiger partial charge in [0.15, 0.2) is 0 Å². The highest BCUT2D eigenvalue weighted by molar-refractivity contribution is 7.19. The van der Waals surface area contributed by atoms with E-state index in [1.807, 2.05) is 16.7 Å². The van der Waals surface area contributed by atoms with Crippen LogP contribution in [0.2, 0.25) is 0 Å². The summed E-state index contributed by atoms with van der Waals surface area (Å²) in [6.07, 6.45) is 10.2. The predicted molar refractivity (Wildman–Crippen MR) is 140 cm³/mol. The van der Waals surface area contributed by atoms with Gasteiger partial charge in [-0.1, -0.05) is 50.6 Å². The molecule has 1 aromatic heterocycles. The van der Waals surface area contributed by atoms with E-state index in [9.17, 15) is 4.79 Å². The summed E-state index contributed by atoms with van der Waals surface area (Å²) in [6.45, 7) is 11.2. The first-order chi connectivity index (χ1) is 15.5. The lowest BCUT2D eigenvalue weighted by Gasteiger charge is -2.39. The maximum atomic E-state index is 13.5. The van der Waals surface area contributed by atoms with E-state index in [1.54, 1.807) is 6.33 Å². The Hall–Kier alpha value is -2.03. The first-order valence-electron chi connectivity index (χ1n) is 12.0. The normalized spacial score (nSPS) is 17.6. The monoisotopic (exact) mass is 449 g/mol. The molecule has 0 saturated carbocycles. The average molecular weight is 450 g/mol. The molecule has 5 heteroatoms. The molecular weight excluding hydrogens is 413 g/mol. The Kier molecular flexibility index (Phi) is 7.12. The van der Waals surface area contributed by atoms with Crippen molar-refractivity contribution < 1.29 is 0 Å². The SMILES string of the molecule is C=CCC1(P)CCN(Cc2cc3c(=O)n(C(CC)CCC)cnc3c3ccccc23)CC1. The molecule has 1 aliphatic heterocycles. The molecule has 2 heterocycles. The van der Waals surface area contributed by atoms with E-state index < -0.39 is 0 Å². The van der Waals surface area contributed by atoms with Gasteiger partial charge in [0.2, 0.25) is 0 Å². The van der Waals surface area contributed by atoms with Crippen molar-refractivity contribution in [2.45, 2.75) is 70.1 Å². The molecule has 0 bridgehead atoms. The third-order valence-electron chi connectivity index (χ3n) is 7.16. The number of hydrogen-bond acceptors (Lipinski definition) is 3. The summed E-state index contributed by atoms with van der Waals surface area (Å²) in [5, 5.41) is 3.33. The van der Waals surface area contributed by atoms with E-state index in [0.29, 0.717) is 0 Å². The highest BCUT2D eigenvalue weighted by Crippen LogP contribution is 2.36. The molecule has 1 aliphatic rings. The highest BCUT2D eigenvalue weighted by Gasteiger charge is 2.29. The first-order valence-corrected chi connectivity index (χ1v) is 12.6. The zero-order valence-corrected chi connectivity index (χ0v) is 20.7. The largest absolute Gasteiger partial charge is 0.299 e. The second-order valence-corrected chi connectivity index (χ2v) is 10.6. The first kappa shape index (κ1) is 23.1. The van der Waals surface area contributed by atoms with E-state index >= 15 is 0 Å². The zero-order chi connectivity index (χ0) is 22.7. The molecule has 3 aromatic rings. The molecule has 0 radical (unpaired) electrons. The summed E-state index contributed by atoms with van der Waals surface area (Å²) in [4.78, 5) is 20.9. The molecule has 0 aliphatic carbocycles. The van der Waals surface area contributed by atoms with Crippen LogP contribution in [0.5, 0.6) is 0 Å². The van der Waals surface area contributed by atoms with Crippen molar-refractivity contribution in [1.29, 1.82) is 0 Å². The van der Waals surface area contributed by atoms with Gasteiger partial charge >= 0.3 is 0 Å². The van der Waals surface area contributed by atoms with Crippen LogP contribution in [-0.2, 0) is 6.54 Å². The Balaban J connectivity index is 1.74. The van der Waals surface area contributed by atoms with Crippen molar-refractivity contribution in [3.05, 3.63) is 65.2 Å². The molecule has 4 rings (SSSR count). The van der Waals surface area contributed by atoms with Crippen molar-refractivity contribution in [2.75, 3.05) is 13.1 Å². The van der Waals surface area contributed by atoms with Gasteiger partial charge in [-0.25, -0.2) is 4.98 Å². The Labute approximate surface area is 193 Å². The Bertz CT molecular complexity index is 1160. The van der Waals surface area contributed by atoms with Gasteiger partial charge in [-0.2, -0.15) is 0 Å². The van der Waals surface area contributed by atoms with Crippen LogP contribution in [0.15, 0.2) is 54.1 Å². The molecule has 0 amide bonds. The third kappa shape index (κ3) is 4.54. The minimum atomic E-state index is 0.0934. The number of rotatable bonds is 8. The predicted octanol–water partition coefficient (Wildman–Crippen LogP) is 6.09. The smallest absolute Gasteiger partial charge is 0.261 e. The highest BCUT2D eigenvalue weighted by atomic mass is 31.0. The minimum absolute atomic E-state index is 0.0934. The minimum Gasteiger partial charge on any atom is -0.299 e. The third-order valence-corrected chi connectivity index (χ3v) is 7.97. The van der Waals surface area contributed by atoms with Gasteiger partial charge in [0.05, 0.1) is 17.2 Å². The number of hydrogen-bond donors (Lipinski definition) is 0. The summed E-state index contributed by atoms with van der Waals surface area (Å²) in [7, 11) is 3.07. The van der Waals surface area contributed by atoms with Crippen LogP contribution >= 0.6 is 9.24 Å². The van der Waals surface area contributed by atoms with Crippen molar-refractivity contribution in [3.63, 3.8) is 0 Å². The number of nitrogens with zero attached hydrogens (tertiary/aromatic N) is 3. The van der Waals surface area contributed by atoms with Gasteiger partial charge < -0.3 is 0 Å². The van der Waals surface area contributed by atoms with Crippen molar-refractivity contribution in [1.82, 2.24) is 14.5 Å². The summed E-state index contributed by atoms with van der Waals surface area (Å²) >= 11 is 0. The van der Waals surface area contributed by atoms with Gasteiger partial charge in [0, 0.05) is 18.0 Å². The van der Waals surface area contributed by atoms with Crippen molar-refractivity contribution in [2.24, 2.45) is 0 Å². The maximum absolute atomic E-state index is 13.5. The lowest BCUT2D eigenvalue weighted by atomic mass is 9.91. The zero-order valence-electron chi connectivity index (χ0n) is 19.5. The van der Waals surface area contributed by atoms with Crippen molar-refractivity contribution >= 4 is 30.9 Å². The average Bonchev–Trinajstić information content (AvgIpc) is 2.80. The quantitative estimate of drug-likeness (QED) is 0.237. The summed E-state index contributed by atoms with van der Waals surface area (Å²) in [5.41, 5.74) is 2.15. The number of benzene rings is 2. The Morgan fingerprint density at radius 1 is 1.19 bits per heavy atom. The molecule has 0 spiro atoms. The van der Waals surface area contributed by atoms with Gasteiger partial charge in [-0.15, -0.1) is 15.8 Å². The fraction of sp³-hybridized carbons (Fsp3) is 0.481. The molecule has 32 heavy (non-hydrogen) atoms. The molecule has 1 fully saturated rings. The topological polar surface area (TPSA) is 38.1 Å². The number of likely N-dealkylation sites (tertiary alicyclic amines) is 1. The molecule has 170 valence electrons. The van der Waals surface area contributed by atoms with Crippen molar-refractivity contribution in [3.8, 4) is 0 Å². The van der Waals surface area contributed by atoms with E-state index in [1.165, 1.54) is 10.9 Å². The maximum Gasteiger partial charge on any atom is 0.261 e. The Morgan fingerprint density at radius 3 is 2.56 bits per heavy atom. The van der Waals surface area contributed by atoms with Gasteiger partial charge in [-0.05, 0) is 67.4 Å². The molecule has 2 atom stereocenters. The number of piperidine rings is 1. The molecule has 0 N–H and O–H groups in total. The van der Waals surface area contributed by atoms with Crippen LogP contribution in [0.3, 0.4) is 0 Å². The second-order valence-electron chi connectivity index (χ2n) is 9.42. The summed E-state index contributed by atoms with van der Waals surface area (Å²) in [5.74, 6) is 0. The van der Waals surface area contributed by atoms with Crippen LogP contribution in [0.25, 0.3) is 21.7 Å². The molecule has 2 aromatic carbocycles. The fourth-order valence-corrected chi connectivity index (χ4v) is 5.63. The number of allylic oxidation sites excluding steroid dienone is 1. The van der Waals surface area contributed by atoms with Gasteiger partial charge in [0.25, 0.3) is 5.56 Å². The van der Waals surface area contributed by atoms with E-state index in [2.05, 4.69) is 58.8 Å². The number of fused-ring (bicyclic) bond motifs is 3. The standard InChI is InChI=1S/C27H36N3OP/c1-4-9-21(6-3)30-19-28-25-23-11-8-7-10-22(23)20(17-24(25)26(30)31)18-29-15-13-27(32,12-5-2)14-16-29/h5,7-8,10-11,17,19,21H,2,4,6,9,12-16,18,32H2,1,3H3. The summed E-state index contributed by atoms with van der Waals surface area (Å²) < 4.78 is 1.86. The van der Waals surface area contributed by atoms with Crippen LogP contribution < -0.4 is 5.56 Å². The van der Waals surface area contributed by atoms with E-state index in [0.717, 1.165) is 74.4 Å². The lowest BCUT2D eigenvalue weighted by Crippen LogP contribution is -2.40. The lowest BCUT2D eigenvalue weighted by molar-refractivity contribution is 0.193. The van der Waals surface area contributed by atoms with Crippen LogP contribution in [0.1, 0.15) is 64.0 Å². The van der Waals surface area contributed by atoms with Crippen LogP contribution in [0, 0.1) is 0 Å². The molecule has 4 nitrogen and oxygen atoms in total. The Morgan fingerprint density at radius 2 is 1.91 bits per heavy atom. The van der Waals surface area contributed by atoms with Crippen LogP contribution in [0.4, 0.5) is 0 Å². The molecular formula is C27H36N3OP. The van der Waals surface area contributed by atoms with Crippen LogP contribution in [-0.4, -0.2) is 32.7 Å². The van der Waals surface area contributed by atoms with Gasteiger partial charge in [0.1, 0.15) is 0 Å². The van der Waals surface area contributed by atoms with Gasteiger partial charge in [-0.3, -0.25) is 14.3 Å². The molecule has 1 saturated heterocycles. The summed E-state index contributed by atoms with van der Waals surface area (Å²) in [6, 6.07) is 10.7. The molecule has 2 unspecified atom stereocenters. The second kappa shape index (κ2) is 9.85. The van der Waals surface area contributed by atoms with E-state index in [4.69, 9.17) is 4.98 Å². The number of aromatic nitrogens is 2. The van der Waals surface area contributed by atoms with E-state index in [-0.39, 0.29) is 16.8 Å².